The molecule has 2 nitrogen and oxygen atoms in total. The molecule has 2 aromatic rings. The minimum atomic E-state index is -0.0465. The summed E-state index contributed by atoms with van der Waals surface area (Å²) in [6, 6.07) is 13.5. The van der Waals surface area contributed by atoms with Crippen molar-refractivity contribution in [1.82, 2.24) is 0 Å². The van der Waals surface area contributed by atoms with Crippen LogP contribution in [0.4, 0.5) is 11.4 Å². The van der Waals surface area contributed by atoms with E-state index in [-0.39, 0.29) is 28.3 Å². The smallest absolute Gasteiger partial charge is 0.0680 e. The molecule has 2 aromatic carbocycles. The molecule has 4 aliphatic rings. The van der Waals surface area contributed by atoms with Crippen molar-refractivity contribution in [2.45, 2.75) is 192 Å². The van der Waals surface area contributed by atoms with Crippen molar-refractivity contribution in [3.63, 3.8) is 0 Å². The first-order chi connectivity index (χ1) is 23.2. The van der Waals surface area contributed by atoms with E-state index in [2.05, 4.69) is 121 Å². The molecule has 0 N–H and O–H groups in total. The molecule has 1 aliphatic heterocycles. The Morgan fingerprint density at radius 1 is 0.469 bits per heavy atom. The second kappa shape index (κ2) is 19.6. The van der Waals surface area contributed by atoms with Gasteiger partial charge in [0.05, 0.1) is 17.0 Å². The summed E-state index contributed by atoms with van der Waals surface area (Å²) in [5.74, 6) is 1.92. The van der Waals surface area contributed by atoms with E-state index in [0.717, 1.165) is 0 Å². The average molecular weight is 777 g/mol. The van der Waals surface area contributed by atoms with Crippen LogP contribution in [0.3, 0.4) is 0 Å². The Morgan fingerprint density at radius 2 is 0.735 bits per heavy atom. The molecule has 276 valence electrons. The summed E-state index contributed by atoms with van der Waals surface area (Å²) in [5.41, 5.74) is 12.0. The summed E-state index contributed by atoms with van der Waals surface area (Å²) < 4.78 is 0. The number of para-hydroxylation sites is 2. The molecule has 0 radical (unpaired) electrons. The molecule has 0 amide bonds. The maximum atomic E-state index is 2.33. The molecule has 1 heterocycles. The summed E-state index contributed by atoms with van der Waals surface area (Å²) in [4.78, 5) is 4.65. The van der Waals surface area contributed by atoms with Gasteiger partial charge in [-0.3, -0.25) is 0 Å². The molecule has 6 rings (SSSR count). The number of hydrogen-bond donors (Lipinski definition) is 0. The number of anilines is 2. The molecular formula is C45H71N2PPd. The van der Waals surface area contributed by atoms with Crippen LogP contribution < -0.4 is 9.80 Å². The summed E-state index contributed by atoms with van der Waals surface area (Å²) >= 11 is 0. The number of rotatable bonds is 9. The first kappa shape index (κ1) is 40.6. The van der Waals surface area contributed by atoms with Gasteiger partial charge >= 0.3 is 0 Å². The Morgan fingerprint density at radius 3 is 0.980 bits per heavy atom. The van der Waals surface area contributed by atoms with E-state index < -0.39 is 0 Å². The molecule has 0 unspecified atom stereocenters. The Hall–Kier alpha value is -1.13. The summed E-state index contributed by atoms with van der Waals surface area (Å²) in [6.45, 7) is 20.5. The van der Waals surface area contributed by atoms with Crippen LogP contribution in [0, 0.1) is 6.67 Å². The number of hydrogen-bond acceptors (Lipinski definition) is 2. The van der Waals surface area contributed by atoms with Crippen LogP contribution in [-0.4, -0.2) is 17.0 Å². The third-order valence-electron chi connectivity index (χ3n) is 12.1. The van der Waals surface area contributed by atoms with Gasteiger partial charge in [-0.1, -0.05) is 111 Å². The molecule has 3 fully saturated rings. The molecule has 49 heavy (non-hydrogen) atoms. The summed E-state index contributed by atoms with van der Waals surface area (Å²) in [7, 11) is -0.0465. The fourth-order valence-corrected chi connectivity index (χ4v) is 14.8. The van der Waals surface area contributed by atoms with E-state index in [1.54, 1.807) is 96.3 Å². The van der Waals surface area contributed by atoms with Gasteiger partial charge in [0.15, 0.2) is 0 Å². The molecule has 0 atom stereocenters. The Balaban J connectivity index is 0.000000234. The number of nitrogens with zero attached hydrogens (tertiary/aromatic N) is 2. The molecule has 3 aliphatic carbocycles. The quantitative estimate of drug-likeness (QED) is 0.142. The molecular weight excluding hydrogens is 706 g/mol. The third-order valence-corrected chi connectivity index (χ3v) is 16.6. The van der Waals surface area contributed by atoms with E-state index in [0.29, 0.717) is 23.7 Å². The van der Waals surface area contributed by atoms with Gasteiger partial charge in [-0.15, -0.1) is 6.67 Å². The minimum absolute atomic E-state index is 0. The van der Waals surface area contributed by atoms with Crippen LogP contribution in [0.25, 0.3) is 0 Å². The first-order valence-electron chi connectivity index (χ1n) is 20.4. The standard InChI is InChI=1S/C27H37N2.C18H33P.Pd/c1-18(2)22-11-9-12-23(19(3)4)26(22)28-15-16-29(17-28)27-24(20(5)6)13-10-14-25(27)21(7)8;1-4-10-16(11-5-1)19(17-12-6-2-7-13-17)18-14-8-3-9-15-18;/h9-21H,1-8H3;16-18H,1-15H2;/q-1;;/p+1. The molecule has 0 aromatic heterocycles. The van der Waals surface area contributed by atoms with Crippen molar-refractivity contribution in [3.8, 4) is 0 Å². The average Bonchev–Trinajstić information content (AvgIpc) is 3.59. The third kappa shape index (κ3) is 10.3. The van der Waals surface area contributed by atoms with Gasteiger partial charge in [-0.05, 0) is 135 Å². The van der Waals surface area contributed by atoms with Gasteiger partial charge < -0.3 is 9.80 Å². The van der Waals surface area contributed by atoms with Gasteiger partial charge in [0.2, 0.25) is 0 Å². The SMILES string of the molecule is C1CCC([PH+](C2CCCCC2)C2CCCCC2)CC1.CC(C)c1cccc(C(C)C)c1N1C=CN(c2c(C(C)C)cccc2C(C)C)[CH-]1.[Pd]. The van der Waals surface area contributed by atoms with Crippen molar-refractivity contribution >= 4 is 19.3 Å². The van der Waals surface area contributed by atoms with Gasteiger partial charge in [0.1, 0.15) is 0 Å². The molecule has 3 saturated carbocycles. The van der Waals surface area contributed by atoms with Crippen LogP contribution >= 0.6 is 7.92 Å². The maximum Gasteiger partial charge on any atom is 0.0680 e. The van der Waals surface area contributed by atoms with Crippen molar-refractivity contribution in [3.05, 3.63) is 77.7 Å². The van der Waals surface area contributed by atoms with Gasteiger partial charge in [-0.25, -0.2) is 0 Å². The van der Waals surface area contributed by atoms with Crippen molar-refractivity contribution in [2.75, 3.05) is 9.80 Å². The van der Waals surface area contributed by atoms with Crippen LogP contribution in [0.5, 0.6) is 0 Å². The normalized spacial score (nSPS) is 19.7. The van der Waals surface area contributed by atoms with Gasteiger partial charge in [-0.2, -0.15) is 0 Å². The largest absolute Gasteiger partial charge is 0.479 e. The topological polar surface area (TPSA) is 6.48 Å². The fourth-order valence-electron chi connectivity index (χ4n) is 9.55. The molecule has 0 saturated heterocycles. The second-order valence-corrected chi connectivity index (χ2v) is 20.4. The second-order valence-electron chi connectivity index (χ2n) is 16.9. The van der Waals surface area contributed by atoms with Crippen LogP contribution in [0.15, 0.2) is 48.8 Å². The monoisotopic (exact) mass is 776 g/mol. The first-order valence-corrected chi connectivity index (χ1v) is 22.1. The van der Waals surface area contributed by atoms with E-state index in [9.17, 15) is 0 Å². The predicted molar refractivity (Wildman–Crippen MR) is 217 cm³/mol. The number of benzene rings is 2. The van der Waals surface area contributed by atoms with Crippen molar-refractivity contribution in [1.29, 1.82) is 0 Å². The zero-order valence-corrected chi connectivity index (χ0v) is 35.1. The zero-order valence-electron chi connectivity index (χ0n) is 32.6. The Bertz CT molecular complexity index is 1130. The molecule has 0 spiro atoms. The van der Waals surface area contributed by atoms with Crippen LogP contribution in [-0.2, 0) is 20.4 Å². The van der Waals surface area contributed by atoms with E-state index in [1.807, 2.05) is 0 Å². The van der Waals surface area contributed by atoms with E-state index in [1.165, 1.54) is 50.6 Å². The van der Waals surface area contributed by atoms with Gasteiger partial charge in [0, 0.05) is 39.7 Å². The summed E-state index contributed by atoms with van der Waals surface area (Å²) in [6.07, 6.45) is 28.2. The Labute approximate surface area is 318 Å². The fraction of sp³-hybridized carbons (Fsp3) is 0.667. The maximum absolute atomic E-state index is 2.33. The van der Waals surface area contributed by atoms with Crippen molar-refractivity contribution < 1.29 is 20.4 Å². The predicted octanol–water partition coefficient (Wildman–Crippen LogP) is 14.3. The van der Waals surface area contributed by atoms with E-state index in [4.69, 9.17) is 0 Å². The zero-order chi connectivity index (χ0) is 34.2. The van der Waals surface area contributed by atoms with Gasteiger partial charge in [0.25, 0.3) is 0 Å². The molecule has 0 bridgehead atoms. The van der Waals surface area contributed by atoms with E-state index >= 15 is 0 Å². The Kier molecular flexibility index (Phi) is 16.3. The summed E-state index contributed by atoms with van der Waals surface area (Å²) in [5, 5.41) is 0. The molecule has 4 heteroatoms. The van der Waals surface area contributed by atoms with Crippen LogP contribution in [0.2, 0.25) is 0 Å². The van der Waals surface area contributed by atoms with Crippen LogP contribution in [0.1, 0.15) is 198 Å². The minimum Gasteiger partial charge on any atom is -0.479 e. The van der Waals surface area contributed by atoms with Crippen molar-refractivity contribution in [2.24, 2.45) is 0 Å².